The topological polar surface area (TPSA) is 95.3 Å². The van der Waals surface area contributed by atoms with Gasteiger partial charge in [0.2, 0.25) is 5.91 Å². The second-order valence-corrected chi connectivity index (χ2v) is 5.80. The van der Waals surface area contributed by atoms with Crippen LogP contribution in [0.5, 0.6) is 0 Å². The van der Waals surface area contributed by atoms with Crippen LogP contribution in [-0.4, -0.2) is 47.0 Å². The van der Waals surface area contributed by atoms with Crippen LogP contribution in [0.15, 0.2) is 54.7 Å². The number of methoxy groups -OCH3 is 1. The summed E-state index contributed by atoms with van der Waals surface area (Å²) < 4.78 is 11.5. The number of nitrogens with zero attached hydrogens (tertiary/aromatic N) is 3. The predicted molar refractivity (Wildman–Crippen MR) is 103 cm³/mol. The van der Waals surface area contributed by atoms with Crippen molar-refractivity contribution < 1.29 is 19.1 Å². The fraction of sp³-hybridized carbons (Fsp3) is 0.200. The van der Waals surface area contributed by atoms with Crippen molar-refractivity contribution in [3.05, 3.63) is 60.4 Å². The molecule has 0 radical (unpaired) electrons. The zero-order chi connectivity index (χ0) is 19.9. The maximum absolute atomic E-state index is 12.2. The molecule has 0 fully saturated rings. The number of ether oxygens (including phenoxy) is 2. The number of anilines is 1. The third-order valence-corrected chi connectivity index (χ3v) is 3.78. The number of carbonyl (C=O) groups is 2. The third kappa shape index (κ3) is 4.41. The van der Waals surface area contributed by atoms with Gasteiger partial charge >= 0.3 is 5.97 Å². The summed E-state index contributed by atoms with van der Waals surface area (Å²) in [6.45, 7) is 1.95. The average Bonchev–Trinajstić information content (AvgIpc) is 3.15. The number of carbonyl (C=O) groups excluding carboxylic acids is 2. The van der Waals surface area contributed by atoms with E-state index in [2.05, 4.69) is 15.4 Å². The van der Waals surface area contributed by atoms with Crippen molar-refractivity contribution in [2.24, 2.45) is 0 Å². The molecule has 2 heterocycles. The van der Waals surface area contributed by atoms with Crippen molar-refractivity contribution in [1.82, 2.24) is 14.8 Å². The standard InChI is InChI=1S/C20H20N4O4/c1-3-28-20(26)16-12-17(24(23-16)18-9-4-5-10-21-18)14-7-6-8-15(11-14)22-19(25)13-27-2/h4-12H,3,13H2,1-2H3,(H,22,25). The van der Waals surface area contributed by atoms with E-state index in [-0.39, 0.29) is 24.8 Å². The lowest BCUT2D eigenvalue weighted by molar-refractivity contribution is -0.119. The van der Waals surface area contributed by atoms with E-state index in [1.54, 1.807) is 54.2 Å². The lowest BCUT2D eigenvalue weighted by atomic mass is 10.1. The molecule has 0 spiro atoms. The molecule has 2 aromatic heterocycles. The minimum absolute atomic E-state index is 0.0386. The average molecular weight is 380 g/mol. The van der Waals surface area contributed by atoms with Gasteiger partial charge in [-0.3, -0.25) is 4.79 Å². The van der Waals surface area contributed by atoms with Crippen LogP contribution in [0.4, 0.5) is 5.69 Å². The second kappa shape index (κ2) is 8.92. The van der Waals surface area contributed by atoms with E-state index in [0.717, 1.165) is 5.56 Å². The first kappa shape index (κ1) is 19.2. The van der Waals surface area contributed by atoms with Gasteiger partial charge in [-0.05, 0) is 37.3 Å². The van der Waals surface area contributed by atoms with E-state index in [1.165, 1.54) is 7.11 Å². The van der Waals surface area contributed by atoms with Gasteiger partial charge in [0, 0.05) is 24.6 Å². The van der Waals surface area contributed by atoms with Crippen LogP contribution >= 0.6 is 0 Å². The van der Waals surface area contributed by atoms with E-state index in [9.17, 15) is 9.59 Å². The maximum Gasteiger partial charge on any atom is 0.358 e. The molecule has 1 N–H and O–H groups in total. The SMILES string of the molecule is CCOC(=O)c1cc(-c2cccc(NC(=O)COC)c2)n(-c2ccccn2)n1. The van der Waals surface area contributed by atoms with Crippen molar-refractivity contribution in [3.63, 3.8) is 0 Å². The van der Waals surface area contributed by atoms with Crippen LogP contribution in [0.25, 0.3) is 17.1 Å². The van der Waals surface area contributed by atoms with E-state index >= 15 is 0 Å². The molecule has 0 saturated heterocycles. The number of rotatable bonds is 7. The predicted octanol–water partition coefficient (Wildman–Crippen LogP) is 2.70. The number of hydrogen-bond donors (Lipinski definition) is 1. The largest absolute Gasteiger partial charge is 0.461 e. The normalized spacial score (nSPS) is 10.5. The fourth-order valence-electron chi connectivity index (χ4n) is 2.63. The maximum atomic E-state index is 12.2. The van der Waals surface area contributed by atoms with Crippen molar-refractivity contribution in [2.75, 3.05) is 25.6 Å². The lowest BCUT2D eigenvalue weighted by Crippen LogP contribution is -2.17. The Kier molecular flexibility index (Phi) is 6.13. The Labute approximate surface area is 162 Å². The van der Waals surface area contributed by atoms with Gasteiger partial charge in [-0.25, -0.2) is 14.5 Å². The summed E-state index contributed by atoms with van der Waals surface area (Å²) >= 11 is 0. The summed E-state index contributed by atoms with van der Waals surface area (Å²) in [4.78, 5) is 28.3. The summed E-state index contributed by atoms with van der Waals surface area (Å²) in [6.07, 6.45) is 1.65. The van der Waals surface area contributed by atoms with Crippen LogP contribution in [0.3, 0.4) is 0 Å². The van der Waals surface area contributed by atoms with Crippen LogP contribution in [-0.2, 0) is 14.3 Å². The molecule has 0 saturated carbocycles. The Morgan fingerprint density at radius 3 is 2.71 bits per heavy atom. The summed E-state index contributed by atoms with van der Waals surface area (Å²) in [5.41, 5.74) is 2.18. The molecule has 0 unspecified atom stereocenters. The zero-order valence-corrected chi connectivity index (χ0v) is 15.6. The number of nitrogens with one attached hydrogen (secondary N) is 1. The molecular weight excluding hydrogens is 360 g/mol. The highest BCUT2D eigenvalue weighted by atomic mass is 16.5. The van der Waals surface area contributed by atoms with E-state index < -0.39 is 5.97 Å². The molecule has 1 aromatic carbocycles. The Morgan fingerprint density at radius 2 is 2.00 bits per heavy atom. The van der Waals surface area contributed by atoms with Crippen LogP contribution in [0.2, 0.25) is 0 Å². The summed E-state index contributed by atoms with van der Waals surface area (Å²) in [6, 6.07) is 14.3. The van der Waals surface area contributed by atoms with E-state index in [4.69, 9.17) is 9.47 Å². The molecule has 28 heavy (non-hydrogen) atoms. The monoisotopic (exact) mass is 380 g/mol. The van der Waals surface area contributed by atoms with Gasteiger partial charge in [-0.2, -0.15) is 5.10 Å². The van der Waals surface area contributed by atoms with Gasteiger partial charge in [-0.1, -0.05) is 18.2 Å². The molecule has 3 aromatic rings. The van der Waals surface area contributed by atoms with Crippen LogP contribution < -0.4 is 5.32 Å². The van der Waals surface area contributed by atoms with Gasteiger partial charge in [0.25, 0.3) is 0 Å². The van der Waals surface area contributed by atoms with Crippen LogP contribution in [0, 0.1) is 0 Å². The smallest absolute Gasteiger partial charge is 0.358 e. The number of hydrogen-bond acceptors (Lipinski definition) is 6. The fourth-order valence-corrected chi connectivity index (χ4v) is 2.63. The summed E-state index contributed by atoms with van der Waals surface area (Å²) in [7, 11) is 1.46. The summed E-state index contributed by atoms with van der Waals surface area (Å²) in [5, 5.41) is 7.13. The molecule has 8 heteroatoms. The number of benzene rings is 1. The molecule has 0 aliphatic rings. The number of pyridine rings is 1. The molecule has 0 bridgehead atoms. The van der Waals surface area contributed by atoms with Crippen molar-refractivity contribution in [2.45, 2.75) is 6.92 Å². The van der Waals surface area contributed by atoms with Gasteiger partial charge in [0.05, 0.1) is 12.3 Å². The number of amides is 1. The highest BCUT2D eigenvalue weighted by Gasteiger charge is 2.18. The van der Waals surface area contributed by atoms with Crippen molar-refractivity contribution in [1.29, 1.82) is 0 Å². The van der Waals surface area contributed by atoms with E-state index in [1.807, 2.05) is 12.1 Å². The Morgan fingerprint density at radius 1 is 1.14 bits per heavy atom. The Hall–Kier alpha value is -3.52. The first-order valence-corrected chi connectivity index (χ1v) is 8.70. The molecule has 0 aliphatic carbocycles. The molecule has 0 atom stereocenters. The molecule has 1 amide bonds. The van der Waals surface area contributed by atoms with E-state index in [0.29, 0.717) is 17.2 Å². The minimum Gasteiger partial charge on any atom is -0.461 e. The minimum atomic E-state index is -0.511. The van der Waals surface area contributed by atoms with Crippen molar-refractivity contribution in [3.8, 4) is 17.1 Å². The van der Waals surface area contributed by atoms with Gasteiger partial charge in [-0.15, -0.1) is 0 Å². The first-order chi connectivity index (χ1) is 13.6. The Bertz CT molecular complexity index is 969. The van der Waals surface area contributed by atoms with Gasteiger partial charge in [0.1, 0.15) is 6.61 Å². The van der Waals surface area contributed by atoms with Crippen molar-refractivity contribution >= 4 is 17.6 Å². The Balaban J connectivity index is 2.03. The quantitative estimate of drug-likeness (QED) is 0.633. The lowest BCUT2D eigenvalue weighted by Gasteiger charge is -2.09. The highest BCUT2D eigenvalue weighted by Crippen LogP contribution is 2.26. The first-order valence-electron chi connectivity index (χ1n) is 8.70. The molecule has 3 rings (SSSR count). The van der Waals surface area contributed by atoms with Crippen LogP contribution in [0.1, 0.15) is 17.4 Å². The summed E-state index contributed by atoms with van der Waals surface area (Å²) in [5.74, 6) is -0.213. The third-order valence-electron chi connectivity index (χ3n) is 3.78. The number of aromatic nitrogens is 3. The molecule has 144 valence electrons. The molecule has 8 nitrogen and oxygen atoms in total. The molecule has 0 aliphatic heterocycles. The number of esters is 1. The van der Waals surface area contributed by atoms with Gasteiger partial charge in [0.15, 0.2) is 11.5 Å². The van der Waals surface area contributed by atoms with Gasteiger partial charge < -0.3 is 14.8 Å². The zero-order valence-electron chi connectivity index (χ0n) is 15.6. The second-order valence-electron chi connectivity index (χ2n) is 5.80. The molecular formula is C20H20N4O4. The highest BCUT2D eigenvalue weighted by molar-refractivity contribution is 5.93.